The number of unbranched alkanes of at least 4 members (excludes halogenated alkanes) is 2. The highest BCUT2D eigenvalue weighted by atomic mass is 16.5. The highest BCUT2D eigenvalue weighted by molar-refractivity contribution is 6.02. The Balaban J connectivity index is 1.97. The largest absolute Gasteiger partial charge is 0.493 e. The summed E-state index contributed by atoms with van der Waals surface area (Å²) in [6, 6.07) is 15.7. The smallest absolute Gasteiger partial charge is 0.258 e. The summed E-state index contributed by atoms with van der Waals surface area (Å²) in [6.07, 6.45) is 4.09. The Morgan fingerprint density at radius 1 is 1.00 bits per heavy atom. The minimum Gasteiger partial charge on any atom is -0.493 e. The van der Waals surface area contributed by atoms with E-state index in [0.717, 1.165) is 42.7 Å². The number of fused-ring (bicyclic) bond motifs is 1. The maximum absolute atomic E-state index is 13.4. The van der Waals surface area contributed by atoms with E-state index in [1.807, 2.05) is 53.4 Å². The van der Waals surface area contributed by atoms with E-state index in [1.54, 1.807) is 7.11 Å². The van der Waals surface area contributed by atoms with Gasteiger partial charge in [-0.1, -0.05) is 50.1 Å². The van der Waals surface area contributed by atoms with Crippen LogP contribution in [0.5, 0.6) is 5.75 Å². The van der Waals surface area contributed by atoms with Crippen LogP contribution in [0.3, 0.4) is 0 Å². The molecule has 3 rings (SSSR count). The number of anilines is 1. The fourth-order valence-electron chi connectivity index (χ4n) is 3.89. The van der Waals surface area contributed by atoms with Crippen LogP contribution >= 0.6 is 0 Å². The molecule has 0 fully saturated rings. The second-order valence-electron chi connectivity index (χ2n) is 7.60. The molecule has 5 nitrogen and oxygen atoms in total. The van der Waals surface area contributed by atoms with Gasteiger partial charge in [0.2, 0.25) is 0 Å². The lowest BCUT2D eigenvalue weighted by Gasteiger charge is -2.47. The molecule has 1 amide bonds. The molecule has 0 saturated carbocycles. The molecule has 0 aromatic heterocycles. The van der Waals surface area contributed by atoms with Crippen molar-refractivity contribution in [2.24, 2.45) is 0 Å². The summed E-state index contributed by atoms with van der Waals surface area (Å²) in [5.74, 6) is 0.848. The third-order valence-electron chi connectivity index (χ3n) is 5.47. The molecule has 156 valence electrons. The lowest BCUT2D eigenvalue weighted by Crippen LogP contribution is -2.56. The number of hydrogen-bond acceptors (Lipinski definition) is 4. The minimum absolute atomic E-state index is 0.0266. The quantitative estimate of drug-likeness (QED) is 0.572. The average Bonchev–Trinajstić information content (AvgIpc) is 2.74. The Bertz CT molecular complexity index is 823. The van der Waals surface area contributed by atoms with Gasteiger partial charge in [-0.15, -0.1) is 0 Å². The first-order valence-corrected chi connectivity index (χ1v) is 10.5. The number of nitrogens with one attached hydrogen (secondary N) is 1. The van der Waals surface area contributed by atoms with Gasteiger partial charge in [-0.2, -0.15) is 0 Å². The van der Waals surface area contributed by atoms with Gasteiger partial charge in [0.1, 0.15) is 11.4 Å². The molecule has 0 bridgehead atoms. The van der Waals surface area contributed by atoms with Crippen LogP contribution in [-0.2, 0) is 10.4 Å². The normalized spacial score (nSPS) is 18.3. The summed E-state index contributed by atoms with van der Waals surface area (Å²) in [6.45, 7) is 6.12. The lowest BCUT2D eigenvalue weighted by atomic mass is 9.92. The number of rotatable bonds is 10. The van der Waals surface area contributed by atoms with Crippen molar-refractivity contribution in [2.75, 3.05) is 32.2 Å². The van der Waals surface area contributed by atoms with Gasteiger partial charge >= 0.3 is 0 Å². The van der Waals surface area contributed by atoms with Crippen LogP contribution in [0.2, 0.25) is 0 Å². The van der Waals surface area contributed by atoms with E-state index in [-0.39, 0.29) is 5.91 Å². The molecule has 5 heteroatoms. The summed E-state index contributed by atoms with van der Waals surface area (Å²) in [5.41, 5.74) is 1.81. The van der Waals surface area contributed by atoms with Gasteiger partial charge in [0.25, 0.3) is 5.91 Å². The Labute approximate surface area is 174 Å². The second kappa shape index (κ2) is 9.79. The number of amides is 1. The van der Waals surface area contributed by atoms with Crippen molar-refractivity contribution in [3.05, 3.63) is 59.7 Å². The Kier molecular flexibility index (Phi) is 7.15. The van der Waals surface area contributed by atoms with E-state index in [4.69, 9.17) is 9.47 Å². The van der Waals surface area contributed by atoms with E-state index < -0.39 is 5.66 Å². The molecule has 0 saturated heterocycles. The van der Waals surface area contributed by atoms with Crippen LogP contribution in [0.15, 0.2) is 48.5 Å². The highest BCUT2D eigenvalue weighted by Crippen LogP contribution is 2.41. The van der Waals surface area contributed by atoms with Gasteiger partial charge in [-0.05, 0) is 38.0 Å². The number of carbonyl (C=O) groups excluding carboxylic acids is 1. The summed E-state index contributed by atoms with van der Waals surface area (Å²) < 4.78 is 11.4. The molecule has 1 aliphatic heterocycles. The van der Waals surface area contributed by atoms with Crippen LogP contribution in [0.1, 0.15) is 55.5 Å². The summed E-state index contributed by atoms with van der Waals surface area (Å²) in [5, 5.41) is 3.62. The molecule has 0 radical (unpaired) electrons. The van der Waals surface area contributed by atoms with E-state index in [2.05, 4.69) is 19.2 Å². The van der Waals surface area contributed by atoms with Crippen LogP contribution < -0.4 is 10.1 Å². The molecule has 1 heterocycles. The summed E-state index contributed by atoms with van der Waals surface area (Å²) in [7, 11) is 1.68. The van der Waals surface area contributed by atoms with E-state index in [1.165, 1.54) is 0 Å². The standard InChI is InChI=1S/C24H32N2O3/c1-4-5-10-18-29-22-15-9-7-13-20(22)24(2)25-21-14-8-6-12-19(21)23(27)26(24)16-11-17-28-3/h6-9,12-15,25H,4-5,10-11,16-18H2,1-3H3. The van der Waals surface area contributed by atoms with Gasteiger partial charge in [-0.25, -0.2) is 0 Å². The first-order valence-electron chi connectivity index (χ1n) is 10.5. The number of benzene rings is 2. The Morgan fingerprint density at radius 2 is 1.76 bits per heavy atom. The van der Waals surface area contributed by atoms with E-state index in [0.29, 0.717) is 25.3 Å². The zero-order valence-corrected chi connectivity index (χ0v) is 17.7. The highest BCUT2D eigenvalue weighted by Gasteiger charge is 2.43. The third-order valence-corrected chi connectivity index (χ3v) is 5.47. The average molecular weight is 397 g/mol. The first-order chi connectivity index (χ1) is 14.1. The minimum atomic E-state index is -0.708. The molecule has 0 spiro atoms. The van der Waals surface area contributed by atoms with E-state index >= 15 is 0 Å². The van der Waals surface area contributed by atoms with Crippen molar-refractivity contribution in [3.63, 3.8) is 0 Å². The second-order valence-corrected chi connectivity index (χ2v) is 7.60. The van der Waals surface area contributed by atoms with Crippen molar-refractivity contribution in [1.82, 2.24) is 4.90 Å². The van der Waals surface area contributed by atoms with Gasteiger partial charge < -0.3 is 19.7 Å². The molecule has 1 atom stereocenters. The van der Waals surface area contributed by atoms with Gasteiger partial charge in [0.05, 0.1) is 12.2 Å². The maximum atomic E-state index is 13.4. The predicted molar refractivity (Wildman–Crippen MR) is 116 cm³/mol. The van der Waals surface area contributed by atoms with E-state index in [9.17, 15) is 4.79 Å². The molecule has 2 aromatic carbocycles. The Morgan fingerprint density at radius 3 is 2.55 bits per heavy atom. The van der Waals surface area contributed by atoms with Gasteiger partial charge in [-0.3, -0.25) is 4.79 Å². The number of hydrogen-bond donors (Lipinski definition) is 1. The van der Waals surface area contributed by atoms with Crippen molar-refractivity contribution in [1.29, 1.82) is 0 Å². The van der Waals surface area contributed by atoms with Crippen LogP contribution in [-0.4, -0.2) is 37.7 Å². The monoisotopic (exact) mass is 396 g/mol. The zero-order valence-electron chi connectivity index (χ0n) is 17.7. The van der Waals surface area contributed by atoms with Crippen molar-refractivity contribution >= 4 is 11.6 Å². The molecule has 1 unspecified atom stereocenters. The predicted octanol–water partition coefficient (Wildman–Crippen LogP) is 5.03. The fraction of sp³-hybridized carbons (Fsp3) is 0.458. The summed E-state index contributed by atoms with van der Waals surface area (Å²) >= 11 is 0. The maximum Gasteiger partial charge on any atom is 0.258 e. The first kappa shape index (κ1) is 21.2. The molecule has 1 N–H and O–H groups in total. The lowest BCUT2D eigenvalue weighted by molar-refractivity contribution is 0.0498. The van der Waals surface area contributed by atoms with Crippen molar-refractivity contribution in [3.8, 4) is 5.75 Å². The molecular weight excluding hydrogens is 364 g/mol. The van der Waals surface area contributed by atoms with Gasteiger partial charge in [0.15, 0.2) is 0 Å². The van der Waals surface area contributed by atoms with Crippen LogP contribution in [0.4, 0.5) is 5.69 Å². The molecule has 29 heavy (non-hydrogen) atoms. The molecule has 2 aromatic rings. The number of ether oxygens (including phenoxy) is 2. The number of carbonyl (C=O) groups is 1. The van der Waals surface area contributed by atoms with Crippen molar-refractivity contribution < 1.29 is 14.3 Å². The number of methoxy groups -OCH3 is 1. The molecule has 0 aliphatic carbocycles. The molecule has 1 aliphatic rings. The van der Waals surface area contributed by atoms with Gasteiger partial charge in [0, 0.05) is 31.5 Å². The number of para-hydroxylation sites is 2. The SMILES string of the molecule is CCCCCOc1ccccc1C1(C)Nc2ccccc2C(=O)N1CCCOC. The number of nitrogens with zero attached hydrogens (tertiary/aromatic N) is 1. The summed E-state index contributed by atoms with van der Waals surface area (Å²) in [4.78, 5) is 15.3. The van der Waals surface area contributed by atoms with Crippen LogP contribution in [0, 0.1) is 0 Å². The third kappa shape index (κ3) is 4.56. The zero-order chi connectivity index (χ0) is 20.7. The topological polar surface area (TPSA) is 50.8 Å². The molecular formula is C24H32N2O3. The fourth-order valence-corrected chi connectivity index (χ4v) is 3.89. The van der Waals surface area contributed by atoms with Crippen LogP contribution in [0.25, 0.3) is 0 Å². The Hall–Kier alpha value is -2.53. The van der Waals surface area contributed by atoms with Crippen molar-refractivity contribution in [2.45, 2.75) is 45.2 Å².